The van der Waals surface area contributed by atoms with Crippen molar-refractivity contribution in [2.45, 2.75) is 70.3 Å². The molecule has 2 unspecified atom stereocenters. The van der Waals surface area contributed by atoms with Gasteiger partial charge >= 0.3 is 0 Å². The summed E-state index contributed by atoms with van der Waals surface area (Å²) in [5.74, 6) is 2.20. The lowest BCUT2D eigenvalue weighted by Crippen LogP contribution is -2.28. The molecule has 1 aliphatic carbocycles. The van der Waals surface area contributed by atoms with Crippen LogP contribution in [0.4, 0.5) is 0 Å². The van der Waals surface area contributed by atoms with Crippen LogP contribution < -0.4 is 0 Å². The van der Waals surface area contributed by atoms with Gasteiger partial charge in [0.1, 0.15) is 0 Å². The number of thioether (sulfide) groups is 2. The number of rotatable bonds is 9. The first-order valence-electron chi connectivity index (χ1n) is 10.6. The Morgan fingerprint density at radius 3 is 2.41 bits per heavy atom. The second-order valence-corrected chi connectivity index (χ2v) is 12.4. The average Bonchev–Trinajstić information content (AvgIpc) is 3.18. The van der Waals surface area contributed by atoms with Gasteiger partial charge in [-0.15, -0.1) is 11.8 Å². The van der Waals surface area contributed by atoms with Gasteiger partial charge < -0.3 is 4.90 Å². The lowest BCUT2D eigenvalue weighted by atomic mass is 9.94. The van der Waals surface area contributed by atoms with E-state index >= 15 is 0 Å². The van der Waals surface area contributed by atoms with Gasteiger partial charge in [0.2, 0.25) is 0 Å². The lowest BCUT2D eigenvalue weighted by molar-refractivity contribution is 0.299. The highest BCUT2D eigenvalue weighted by atomic mass is 32.2. The quantitative estimate of drug-likeness (QED) is 0.423. The van der Waals surface area contributed by atoms with Crippen LogP contribution >= 0.6 is 23.5 Å². The molecule has 0 aromatic heterocycles. The highest BCUT2D eigenvalue weighted by Gasteiger charge is 2.60. The summed E-state index contributed by atoms with van der Waals surface area (Å²) in [4.78, 5) is 4.18. The van der Waals surface area contributed by atoms with E-state index in [-0.39, 0.29) is 0 Å². The van der Waals surface area contributed by atoms with Crippen LogP contribution in [0.2, 0.25) is 0 Å². The normalized spacial score (nSPS) is 24.5. The zero-order valence-corrected chi connectivity index (χ0v) is 19.7. The SMILES string of the molecule is CC(C)=C(SC(C)C)c1ccc(C23CC2CN(CCCSC(C)C)C3)cc1. The number of nitrogens with zero attached hydrogens (tertiary/aromatic N) is 1. The molecule has 1 aromatic rings. The average molecular weight is 404 g/mol. The number of fused-ring (bicyclic) bond motifs is 1. The van der Waals surface area contributed by atoms with Crippen LogP contribution in [0.25, 0.3) is 4.91 Å². The van der Waals surface area contributed by atoms with Gasteiger partial charge in [-0.25, -0.2) is 0 Å². The van der Waals surface area contributed by atoms with Crippen molar-refractivity contribution in [3.63, 3.8) is 0 Å². The van der Waals surface area contributed by atoms with Crippen LogP contribution in [0, 0.1) is 5.92 Å². The Labute approximate surface area is 175 Å². The van der Waals surface area contributed by atoms with Gasteiger partial charge in [0, 0.05) is 28.7 Å². The van der Waals surface area contributed by atoms with E-state index in [2.05, 4.69) is 82.5 Å². The first-order chi connectivity index (χ1) is 12.8. The molecule has 3 heteroatoms. The first kappa shape index (κ1) is 21.3. The Hall–Kier alpha value is -0.380. The summed E-state index contributed by atoms with van der Waals surface area (Å²) in [7, 11) is 0. The fourth-order valence-electron chi connectivity index (χ4n) is 4.48. The van der Waals surface area contributed by atoms with Crippen LogP contribution in [-0.2, 0) is 5.41 Å². The molecular formula is C24H37NS2. The summed E-state index contributed by atoms with van der Waals surface area (Å²) in [5.41, 5.74) is 4.87. The van der Waals surface area contributed by atoms with Gasteiger partial charge in [-0.05, 0) is 61.3 Å². The van der Waals surface area contributed by atoms with Gasteiger partial charge in [0.25, 0.3) is 0 Å². The fourth-order valence-corrected chi connectivity index (χ4v) is 6.22. The van der Waals surface area contributed by atoms with Crippen LogP contribution in [-0.4, -0.2) is 40.8 Å². The largest absolute Gasteiger partial charge is 0.302 e. The maximum absolute atomic E-state index is 2.72. The molecule has 0 amide bonds. The molecule has 2 aliphatic rings. The molecule has 3 rings (SSSR count). The highest BCUT2D eigenvalue weighted by Crippen LogP contribution is 2.59. The summed E-state index contributed by atoms with van der Waals surface area (Å²) in [6, 6.07) is 9.60. The summed E-state index contributed by atoms with van der Waals surface area (Å²) < 4.78 is 0. The minimum atomic E-state index is 0.472. The molecule has 1 nitrogen and oxygen atoms in total. The zero-order valence-electron chi connectivity index (χ0n) is 18.0. The molecule has 150 valence electrons. The smallest absolute Gasteiger partial charge is 0.0133 e. The number of allylic oxidation sites excluding steroid dienone is 1. The number of hydrogen-bond acceptors (Lipinski definition) is 3. The van der Waals surface area contributed by atoms with Gasteiger partial charge in [-0.3, -0.25) is 0 Å². The topological polar surface area (TPSA) is 3.24 Å². The minimum Gasteiger partial charge on any atom is -0.302 e. The Morgan fingerprint density at radius 1 is 1.11 bits per heavy atom. The molecule has 2 fully saturated rings. The third-order valence-electron chi connectivity index (χ3n) is 5.82. The van der Waals surface area contributed by atoms with E-state index in [1.807, 2.05) is 11.8 Å². The Bertz CT molecular complexity index is 657. The molecule has 2 atom stereocenters. The monoisotopic (exact) mass is 403 g/mol. The van der Waals surface area contributed by atoms with Gasteiger partial charge in [0.15, 0.2) is 0 Å². The number of piperidine rings is 1. The van der Waals surface area contributed by atoms with Crippen LogP contribution in [0.5, 0.6) is 0 Å². The van der Waals surface area contributed by atoms with Gasteiger partial charge in [0.05, 0.1) is 0 Å². The molecule has 1 saturated carbocycles. The molecule has 0 N–H and O–H groups in total. The van der Waals surface area contributed by atoms with Crippen LogP contribution in [0.1, 0.15) is 65.5 Å². The number of benzene rings is 1. The standard InChI is InChI=1S/C24H37NS2/c1-17(2)23(27-19(5)6)20-8-10-21(11-9-20)24-14-22(24)15-25(16-24)12-7-13-26-18(3)4/h8-11,18-19,22H,7,12-16H2,1-6H3. The van der Waals surface area contributed by atoms with E-state index in [1.165, 1.54) is 54.3 Å². The van der Waals surface area contributed by atoms with Gasteiger partial charge in [-0.1, -0.05) is 57.5 Å². The predicted molar refractivity (Wildman–Crippen MR) is 126 cm³/mol. The van der Waals surface area contributed by atoms with Crippen molar-refractivity contribution in [1.29, 1.82) is 0 Å². The molecule has 1 saturated heterocycles. The summed E-state index contributed by atoms with van der Waals surface area (Å²) >= 11 is 4.09. The number of likely N-dealkylation sites (tertiary alicyclic amines) is 1. The van der Waals surface area contributed by atoms with E-state index in [4.69, 9.17) is 0 Å². The fraction of sp³-hybridized carbons (Fsp3) is 0.667. The zero-order chi connectivity index (χ0) is 19.6. The molecule has 1 heterocycles. The summed E-state index contributed by atoms with van der Waals surface area (Å²) in [6.45, 7) is 17.5. The summed E-state index contributed by atoms with van der Waals surface area (Å²) in [6.07, 6.45) is 2.74. The van der Waals surface area contributed by atoms with Gasteiger partial charge in [-0.2, -0.15) is 11.8 Å². The second kappa shape index (κ2) is 8.97. The first-order valence-corrected chi connectivity index (χ1v) is 12.5. The van der Waals surface area contributed by atoms with Crippen molar-refractivity contribution >= 4 is 28.4 Å². The Balaban J connectivity index is 1.60. The van der Waals surface area contributed by atoms with Crippen LogP contribution in [0.15, 0.2) is 29.8 Å². The maximum Gasteiger partial charge on any atom is 0.0133 e. The molecule has 0 bridgehead atoms. The van der Waals surface area contributed by atoms with Crippen LogP contribution in [0.3, 0.4) is 0 Å². The van der Waals surface area contributed by atoms with Crippen molar-refractivity contribution in [2.24, 2.45) is 5.92 Å². The summed E-state index contributed by atoms with van der Waals surface area (Å²) in [5, 5.41) is 1.39. The third-order valence-corrected chi connectivity index (χ3v) is 8.36. The molecule has 27 heavy (non-hydrogen) atoms. The maximum atomic E-state index is 2.72. The highest BCUT2D eigenvalue weighted by molar-refractivity contribution is 8.08. The van der Waals surface area contributed by atoms with Crippen molar-refractivity contribution in [3.05, 3.63) is 41.0 Å². The van der Waals surface area contributed by atoms with E-state index in [9.17, 15) is 0 Å². The number of hydrogen-bond donors (Lipinski definition) is 0. The molecule has 0 spiro atoms. The van der Waals surface area contributed by atoms with E-state index in [0.29, 0.717) is 10.7 Å². The minimum absolute atomic E-state index is 0.472. The molecular weight excluding hydrogens is 366 g/mol. The Morgan fingerprint density at radius 2 is 1.81 bits per heavy atom. The van der Waals surface area contributed by atoms with Crippen molar-refractivity contribution in [1.82, 2.24) is 4.90 Å². The van der Waals surface area contributed by atoms with E-state index in [1.54, 1.807) is 5.56 Å². The molecule has 1 aromatic carbocycles. The van der Waals surface area contributed by atoms with E-state index in [0.717, 1.165) is 11.2 Å². The van der Waals surface area contributed by atoms with Crippen molar-refractivity contribution in [3.8, 4) is 0 Å². The predicted octanol–water partition coefficient (Wildman–Crippen LogP) is 6.68. The lowest BCUT2D eigenvalue weighted by Gasteiger charge is -2.21. The molecule has 0 radical (unpaired) electrons. The Kier molecular flexibility index (Phi) is 7.08. The third kappa shape index (κ3) is 5.16. The van der Waals surface area contributed by atoms with E-state index < -0.39 is 0 Å². The van der Waals surface area contributed by atoms with Crippen molar-refractivity contribution in [2.75, 3.05) is 25.4 Å². The molecule has 1 aliphatic heterocycles. The van der Waals surface area contributed by atoms with Crippen molar-refractivity contribution < 1.29 is 0 Å². The second-order valence-electron chi connectivity index (χ2n) is 9.14.